The smallest absolute Gasteiger partial charge is 0.252 e. The van der Waals surface area contributed by atoms with Gasteiger partial charge in [0.1, 0.15) is 0 Å². The molecule has 0 aliphatic heterocycles. The molecule has 2 aromatic rings. The molecule has 0 aromatic heterocycles. The minimum atomic E-state index is -0.305. The average Bonchev–Trinajstić information content (AvgIpc) is 3.46. The molecule has 1 aliphatic carbocycles. The maximum atomic E-state index is 12.8. The van der Waals surface area contributed by atoms with Gasteiger partial charge in [-0.3, -0.25) is 9.59 Å². The third kappa shape index (κ3) is 4.21. The molecule has 1 fully saturated rings. The fourth-order valence-electron chi connectivity index (χ4n) is 2.67. The summed E-state index contributed by atoms with van der Waals surface area (Å²) in [5, 5.41) is 3.49. The lowest BCUT2D eigenvalue weighted by Gasteiger charge is -2.13. The van der Waals surface area contributed by atoms with E-state index in [4.69, 9.17) is 28.9 Å². The second-order valence-electron chi connectivity index (χ2n) is 6.21. The number of ketones is 1. The summed E-state index contributed by atoms with van der Waals surface area (Å²) < 4.78 is 0. The molecule has 0 heterocycles. The number of carbonyl (C=O) groups excluding carboxylic acids is 2. The molecule has 3 N–H and O–H groups in total. The first-order valence-corrected chi connectivity index (χ1v) is 8.85. The average molecular weight is 377 g/mol. The number of amides is 1. The molecule has 25 heavy (non-hydrogen) atoms. The van der Waals surface area contributed by atoms with E-state index in [-0.39, 0.29) is 17.7 Å². The monoisotopic (exact) mass is 376 g/mol. The molecule has 1 saturated carbocycles. The first-order valence-electron chi connectivity index (χ1n) is 8.10. The Kier molecular flexibility index (Phi) is 5.42. The van der Waals surface area contributed by atoms with Crippen LogP contribution in [0.2, 0.25) is 10.0 Å². The number of hydrogen-bond acceptors (Lipinski definition) is 3. The van der Waals surface area contributed by atoms with Gasteiger partial charge in [-0.15, -0.1) is 0 Å². The van der Waals surface area contributed by atoms with Gasteiger partial charge in [-0.25, -0.2) is 0 Å². The number of nitrogens with one attached hydrogen (secondary N) is 1. The van der Waals surface area contributed by atoms with Crippen molar-refractivity contribution in [2.45, 2.75) is 18.9 Å². The quantitative estimate of drug-likeness (QED) is 0.755. The van der Waals surface area contributed by atoms with E-state index in [0.717, 1.165) is 12.8 Å². The Morgan fingerprint density at radius 2 is 1.76 bits per heavy atom. The summed E-state index contributed by atoms with van der Waals surface area (Å²) in [6, 6.07) is 11.3. The molecule has 130 valence electrons. The summed E-state index contributed by atoms with van der Waals surface area (Å²) in [4.78, 5) is 25.3. The van der Waals surface area contributed by atoms with Crippen LogP contribution >= 0.6 is 23.2 Å². The number of benzene rings is 2. The van der Waals surface area contributed by atoms with E-state index in [1.807, 2.05) is 0 Å². The third-order valence-electron chi connectivity index (χ3n) is 4.32. The summed E-state index contributed by atoms with van der Waals surface area (Å²) in [6.07, 6.45) is 2.23. The van der Waals surface area contributed by atoms with E-state index >= 15 is 0 Å². The van der Waals surface area contributed by atoms with Crippen LogP contribution in [0.1, 0.15) is 39.1 Å². The topological polar surface area (TPSA) is 72.2 Å². The Bertz CT molecular complexity index is 819. The summed E-state index contributed by atoms with van der Waals surface area (Å²) in [5.41, 5.74) is 7.03. The van der Waals surface area contributed by atoms with Gasteiger partial charge in [0.05, 0.1) is 15.6 Å². The molecule has 2 aromatic carbocycles. The molecule has 6 heteroatoms. The predicted molar refractivity (Wildman–Crippen MR) is 99.4 cm³/mol. The van der Waals surface area contributed by atoms with Gasteiger partial charge in [-0.05, 0) is 43.0 Å². The van der Waals surface area contributed by atoms with Crippen molar-refractivity contribution in [3.63, 3.8) is 0 Å². The second kappa shape index (κ2) is 7.56. The Morgan fingerprint density at radius 1 is 1.08 bits per heavy atom. The largest absolute Gasteiger partial charge is 0.350 e. The lowest BCUT2D eigenvalue weighted by atomic mass is 9.98. The van der Waals surface area contributed by atoms with E-state index < -0.39 is 0 Å². The summed E-state index contributed by atoms with van der Waals surface area (Å²) in [6.45, 7) is 0.402. The Labute approximate surface area is 156 Å². The number of carbonyl (C=O) groups is 2. The molecule has 0 saturated heterocycles. The second-order valence-corrected chi connectivity index (χ2v) is 7.03. The fraction of sp³-hybridized carbons (Fsp3) is 0.263. The van der Waals surface area contributed by atoms with Crippen LogP contribution in [-0.4, -0.2) is 24.3 Å². The van der Waals surface area contributed by atoms with Gasteiger partial charge in [-0.2, -0.15) is 0 Å². The van der Waals surface area contributed by atoms with E-state index in [9.17, 15) is 9.59 Å². The van der Waals surface area contributed by atoms with E-state index in [1.54, 1.807) is 36.4 Å². The SMILES string of the molecule is NC(CNC(=O)c1ccccc1C(=O)c1ccc(Cl)c(Cl)c1)C1CC1. The van der Waals surface area contributed by atoms with Crippen molar-refractivity contribution in [2.75, 3.05) is 6.54 Å². The van der Waals surface area contributed by atoms with Crippen LogP contribution in [0.3, 0.4) is 0 Å². The molecule has 0 bridgehead atoms. The fourth-order valence-corrected chi connectivity index (χ4v) is 2.97. The van der Waals surface area contributed by atoms with Crippen LogP contribution in [-0.2, 0) is 0 Å². The number of rotatable bonds is 6. The van der Waals surface area contributed by atoms with Crippen molar-refractivity contribution in [2.24, 2.45) is 11.7 Å². The van der Waals surface area contributed by atoms with Gasteiger partial charge in [0.25, 0.3) is 5.91 Å². The van der Waals surface area contributed by atoms with Gasteiger partial charge >= 0.3 is 0 Å². The zero-order valence-corrected chi connectivity index (χ0v) is 15.0. The maximum absolute atomic E-state index is 12.8. The lowest BCUT2D eigenvalue weighted by molar-refractivity contribution is 0.0939. The normalized spacial score (nSPS) is 14.8. The zero-order chi connectivity index (χ0) is 18.0. The highest BCUT2D eigenvalue weighted by molar-refractivity contribution is 6.42. The lowest BCUT2D eigenvalue weighted by Crippen LogP contribution is -2.39. The van der Waals surface area contributed by atoms with Crippen LogP contribution in [0, 0.1) is 5.92 Å². The van der Waals surface area contributed by atoms with Crippen molar-refractivity contribution in [1.82, 2.24) is 5.32 Å². The van der Waals surface area contributed by atoms with Crippen molar-refractivity contribution in [3.8, 4) is 0 Å². The van der Waals surface area contributed by atoms with Crippen molar-refractivity contribution >= 4 is 34.9 Å². The summed E-state index contributed by atoms with van der Waals surface area (Å²) >= 11 is 11.9. The molecule has 1 amide bonds. The van der Waals surface area contributed by atoms with Gasteiger partial charge in [-0.1, -0.05) is 41.4 Å². The van der Waals surface area contributed by atoms with Gasteiger partial charge in [0, 0.05) is 23.7 Å². The van der Waals surface area contributed by atoms with Crippen molar-refractivity contribution < 1.29 is 9.59 Å². The van der Waals surface area contributed by atoms with Gasteiger partial charge in [0.2, 0.25) is 0 Å². The Balaban J connectivity index is 1.80. The highest BCUT2D eigenvalue weighted by atomic mass is 35.5. The van der Waals surface area contributed by atoms with E-state index in [2.05, 4.69) is 5.32 Å². The standard InChI is InChI=1S/C19H18Cl2N2O2/c20-15-8-7-12(9-16(15)21)18(24)13-3-1-2-4-14(13)19(25)23-10-17(22)11-5-6-11/h1-4,7-9,11,17H,5-6,10,22H2,(H,23,25). The molecule has 4 nitrogen and oxygen atoms in total. The first kappa shape index (κ1) is 17.9. The zero-order valence-electron chi connectivity index (χ0n) is 13.5. The molecule has 3 rings (SSSR count). The molecular weight excluding hydrogens is 359 g/mol. The van der Waals surface area contributed by atoms with E-state index in [0.29, 0.717) is 39.2 Å². The maximum Gasteiger partial charge on any atom is 0.252 e. The first-order chi connectivity index (χ1) is 12.0. The number of hydrogen-bond donors (Lipinski definition) is 2. The van der Waals surface area contributed by atoms with Crippen LogP contribution < -0.4 is 11.1 Å². The minimum Gasteiger partial charge on any atom is -0.350 e. The molecule has 0 radical (unpaired) electrons. The van der Waals surface area contributed by atoms with Crippen LogP contribution in [0.4, 0.5) is 0 Å². The predicted octanol–water partition coefficient (Wildman–Crippen LogP) is 3.69. The van der Waals surface area contributed by atoms with Crippen molar-refractivity contribution in [1.29, 1.82) is 0 Å². The molecule has 0 spiro atoms. The molecule has 1 unspecified atom stereocenters. The molecule has 1 aliphatic rings. The highest BCUT2D eigenvalue weighted by Crippen LogP contribution is 2.31. The minimum absolute atomic E-state index is 0.0399. The Hall–Kier alpha value is -1.88. The number of nitrogens with two attached hydrogens (primary N) is 1. The van der Waals surface area contributed by atoms with Gasteiger partial charge in [0.15, 0.2) is 5.78 Å². The molecular formula is C19H18Cl2N2O2. The number of halogens is 2. The van der Waals surface area contributed by atoms with Crippen molar-refractivity contribution in [3.05, 3.63) is 69.2 Å². The molecule has 1 atom stereocenters. The third-order valence-corrected chi connectivity index (χ3v) is 5.06. The summed E-state index contributed by atoms with van der Waals surface area (Å²) in [7, 11) is 0. The van der Waals surface area contributed by atoms with E-state index in [1.165, 1.54) is 6.07 Å². The van der Waals surface area contributed by atoms with Crippen LogP contribution in [0.5, 0.6) is 0 Å². The van der Waals surface area contributed by atoms with Gasteiger partial charge < -0.3 is 11.1 Å². The highest BCUT2D eigenvalue weighted by Gasteiger charge is 2.29. The van der Waals surface area contributed by atoms with Crippen LogP contribution in [0.15, 0.2) is 42.5 Å². The van der Waals surface area contributed by atoms with Crippen LogP contribution in [0.25, 0.3) is 0 Å². The summed E-state index contributed by atoms with van der Waals surface area (Å²) in [5.74, 6) is -0.0932. The Morgan fingerprint density at radius 3 is 2.40 bits per heavy atom.